The van der Waals surface area contributed by atoms with E-state index in [0.29, 0.717) is 16.9 Å². The van der Waals surface area contributed by atoms with E-state index < -0.39 is 0 Å². The van der Waals surface area contributed by atoms with Gasteiger partial charge in [-0.1, -0.05) is 53.4 Å². The Balaban J connectivity index is 2.70. The summed E-state index contributed by atoms with van der Waals surface area (Å²) in [6.45, 7) is 9.53. The van der Waals surface area contributed by atoms with E-state index >= 15 is 0 Å². The van der Waals surface area contributed by atoms with Crippen LogP contribution < -0.4 is 5.73 Å². The van der Waals surface area contributed by atoms with Crippen LogP contribution >= 0.6 is 0 Å². The largest absolute Gasteiger partial charge is 0.328 e. The first-order valence-corrected chi connectivity index (χ1v) is 7.73. The molecule has 0 aliphatic heterocycles. The zero-order valence-electron chi connectivity index (χ0n) is 12.5. The van der Waals surface area contributed by atoms with Gasteiger partial charge in [0, 0.05) is 6.04 Å². The normalized spacial score (nSPS) is 21.7. The van der Waals surface area contributed by atoms with Crippen molar-refractivity contribution in [3.63, 3.8) is 0 Å². The maximum Gasteiger partial charge on any atom is 0.00440 e. The highest BCUT2D eigenvalue weighted by molar-refractivity contribution is 4.97. The van der Waals surface area contributed by atoms with Crippen molar-refractivity contribution < 1.29 is 0 Å². The van der Waals surface area contributed by atoms with Crippen LogP contribution in [0.5, 0.6) is 0 Å². The summed E-state index contributed by atoms with van der Waals surface area (Å²) in [6.07, 6.45) is 12.1. The molecule has 1 aliphatic rings. The summed E-state index contributed by atoms with van der Waals surface area (Å²) in [5, 5.41) is 0. The second-order valence-electron chi connectivity index (χ2n) is 6.87. The molecule has 17 heavy (non-hydrogen) atoms. The van der Waals surface area contributed by atoms with Crippen LogP contribution in [-0.2, 0) is 0 Å². The van der Waals surface area contributed by atoms with Gasteiger partial charge < -0.3 is 5.73 Å². The average molecular weight is 239 g/mol. The Morgan fingerprint density at radius 2 is 1.71 bits per heavy atom. The van der Waals surface area contributed by atoms with Crippen LogP contribution in [0, 0.1) is 10.8 Å². The fourth-order valence-corrected chi connectivity index (χ4v) is 4.14. The van der Waals surface area contributed by atoms with E-state index in [9.17, 15) is 0 Å². The number of hydrogen-bond acceptors (Lipinski definition) is 1. The highest BCUT2D eigenvalue weighted by atomic mass is 14.6. The Kier molecular flexibility index (Phi) is 5.50. The zero-order valence-corrected chi connectivity index (χ0v) is 12.5. The van der Waals surface area contributed by atoms with Gasteiger partial charge in [0.1, 0.15) is 0 Å². The van der Waals surface area contributed by atoms with Crippen molar-refractivity contribution in [2.75, 3.05) is 0 Å². The van der Waals surface area contributed by atoms with Crippen LogP contribution in [0.15, 0.2) is 0 Å². The second kappa shape index (κ2) is 6.22. The molecule has 1 fully saturated rings. The number of hydrogen-bond donors (Lipinski definition) is 1. The molecule has 1 rings (SSSR count). The molecule has 0 aromatic heterocycles. The molecular formula is C16H33N. The molecule has 1 aliphatic carbocycles. The van der Waals surface area contributed by atoms with Crippen molar-refractivity contribution in [1.29, 1.82) is 0 Å². The molecule has 1 unspecified atom stereocenters. The highest BCUT2D eigenvalue weighted by Crippen LogP contribution is 2.56. The molecule has 1 atom stereocenters. The van der Waals surface area contributed by atoms with Crippen LogP contribution in [0.25, 0.3) is 0 Å². The van der Waals surface area contributed by atoms with E-state index in [4.69, 9.17) is 5.73 Å². The van der Waals surface area contributed by atoms with Gasteiger partial charge in [0.05, 0.1) is 0 Å². The van der Waals surface area contributed by atoms with Crippen LogP contribution in [0.1, 0.15) is 85.5 Å². The topological polar surface area (TPSA) is 26.0 Å². The van der Waals surface area contributed by atoms with E-state index in [1.807, 2.05) is 0 Å². The standard InChI is InChI=1S/C16H33N/c1-5-9-14(17)13-15(3,4)16(10-6-2)11-7-8-12-16/h14H,5-13,17H2,1-4H3. The molecule has 1 saturated carbocycles. The molecule has 0 radical (unpaired) electrons. The van der Waals surface area contributed by atoms with Crippen molar-refractivity contribution in [1.82, 2.24) is 0 Å². The van der Waals surface area contributed by atoms with Gasteiger partial charge in [0.25, 0.3) is 0 Å². The van der Waals surface area contributed by atoms with Crippen molar-refractivity contribution in [2.45, 2.75) is 91.5 Å². The Morgan fingerprint density at radius 3 is 2.18 bits per heavy atom. The van der Waals surface area contributed by atoms with Gasteiger partial charge in [-0.3, -0.25) is 0 Å². The molecule has 0 saturated heterocycles. The first kappa shape index (κ1) is 15.0. The van der Waals surface area contributed by atoms with Crippen LogP contribution in [0.2, 0.25) is 0 Å². The first-order valence-electron chi connectivity index (χ1n) is 7.73. The van der Waals surface area contributed by atoms with E-state index in [1.165, 1.54) is 57.8 Å². The van der Waals surface area contributed by atoms with Gasteiger partial charge in [-0.2, -0.15) is 0 Å². The third kappa shape index (κ3) is 3.47. The minimum absolute atomic E-state index is 0.407. The molecule has 1 heteroatoms. The summed E-state index contributed by atoms with van der Waals surface area (Å²) in [5.41, 5.74) is 7.31. The van der Waals surface area contributed by atoms with Gasteiger partial charge in [0.15, 0.2) is 0 Å². The van der Waals surface area contributed by atoms with Gasteiger partial charge in [-0.05, 0) is 42.9 Å². The van der Waals surface area contributed by atoms with Crippen molar-refractivity contribution in [3.05, 3.63) is 0 Å². The van der Waals surface area contributed by atoms with Crippen molar-refractivity contribution >= 4 is 0 Å². The first-order chi connectivity index (χ1) is 7.97. The van der Waals surface area contributed by atoms with Gasteiger partial charge in [-0.25, -0.2) is 0 Å². The Labute approximate surface area is 109 Å². The number of rotatable bonds is 7. The summed E-state index contributed by atoms with van der Waals surface area (Å²) >= 11 is 0. The average Bonchev–Trinajstić information content (AvgIpc) is 2.68. The third-order valence-electron chi connectivity index (χ3n) is 5.16. The second-order valence-corrected chi connectivity index (χ2v) is 6.87. The van der Waals surface area contributed by atoms with E-state index in [-0.39, 0.29) is 0 Å². The van der Waals surface area contributed by atoms with E-state index in [2.05, 4.69) is 27.7 Å². The molecule has 1 nitrogen and oxygen atoms in total. The lowest BCUT2D eigenvalue weighted by molar-refractivity contribution is 0.0461. The van der Waals surface area contributed by atoms with Crippen molar-refractivity contribution in [3.8, 4) is 0 Å². The van der Waals surface area contributed by atoms with Crippen LogP contribution in [0.4, 0.5) is 0 Å². The smallest absolute Gasteiger partial charge is 0.00440 e. The fraction of sp³-hybridized carbons (Fsp3) is 1.00. The number of nitrogens with two attached hydrogens (primary N) is 1. The summed E-state index contributed by atoms with van der Waals surface area (Å²) in [5.74, 6) is 0. The van der Waals surface area contributed by atoms with Gasteiger partial charge in [-0.15, -0.1) is 0 Å². The summed E-state index contributed by atoms with van der Waals surface area (Å²) < 4.78 is 0. The summed E-state index contributed by atoms with van der Waals surface area (Å²) in [4.78, 5) is 0. The lowest BCUT2D eigenvalue weighted by Gasteiger charge is -2.46. The Hall–Kier alpha value is -0.0400. The minimum Gasteiger partial charge on any atom is -0.328 e. The quantitative estimate of drug-likeness (QED) is 0.672. The van der Waals surface area contributed by atoms with Gasteiger partial charge in [0.2, 0.25) is 0 Å². The van der Waals surface area contributed by atoms with Crippen LogP contribution in [0.3, 0.4) is 0 Å². The summed E-state index contributed by atoms with van der Waals surface area (Å²) in [6, 6.07) is 0.407. The predicted octanol–water partition coefficient (Wildman–Crippen LogP) is 4.89. The summed E-state index contributed by atoms with van der Waals surface area (Å²) in [7, 11) is 0. The molecular weight excluding hydrogens is 206 g/mol. The maximum atomic E-state index is 6.29. The van der Waals surface area contributed by atoms with Crippen molar-refractivity contribution in [2.24, 2.45) is 16.6 Å². The lowest BCUT2D eigenvalue weighted by atomic mass is 9.59. The molecule has 0 amide bonds. The SMILES string of the molecule is CCCC(N)CC(C)(C)C1(CCC)CCCC1. The Morgan fingerprint density at radius 1 is 1.12 bits per heavy atom. The molecule has 0 spiro atoms. The Bertz CT molecular complexity index is 214. The maximum absolute atomic E-state index is 6.29. The lowest BCUT2D eigenvalue weighted by Crippen LogP contribution is -2.40. The fourth-order valence-electron chi connectivity index (χ4n) is 4.14. The zero-order chi connectivity index (χ0) is 12.9. The van der Waals surface area contributed by atoms with E-state index in [1.54, 1.807) is 0 Å². The molecule has 2 N–H and O–H groups in total. The van der Waals surface area contributed by atoms with Crippen LogP contribution in [-0.4, -0.2) is 6.04 Å². The molecule has 0 aromatic rings. The minimum atomic E-state index is 0.407. The molecule has 0 heterocycles. The predicted molar refractivity (Wildman–Crippen MR) is 77.1 cm³/mol. The van der Waals surface area contributed by atoms with E-state index in [0.717, 1.165) is 0 Å². The molecule has 0 bridgehead atoms. The highest BCUT2D eigenvalue weighted by Gasteiger charge is 2.45. The van der Waals surface area contributed by atoms with Gasteiger partial charge >= 0.3 is 0 Å². The third-order valence-corrected chi connectivity index (χ3v) is 5.16. The molecule has 102 valence electrons. The molecule has 0 aromatic carbocycles. The monoisotopic (exact) mass is 239 g/mol.